The van der Waals surface area contributed by atoms with E-state index in [0.29, 0.717) is 11.8 Å². The van der Waals surface area contributed by atoms with Gasteiger partial charge in [0.05, 0.1) is 5.92 Å². The highest BCUT2D eigenvalue weighted by atomic mass is 16.1. The molecule has 0 spiro atoms. The number of carbonyl (C=O) groups excluding carboxylic acids is 1. The fraction of sp³-hybridized carbons (Fsp3) is 0.435. The summed E-state index contributed by atoms with van der Waals surface area (Å²) in [6.45, 7) is 10.8. The zero-order chi connectivity index (χ0) is 18.4. The minimum atomic E-state index is -0.163. The molecule has 0 fully saturated rings. The van der Waals surface area contributed by atoms with Crippen molar-refractivity contribution in [2.75, 3.05) is 5.32 Å². The number of carbonyl (C=O) groups is 1. The fourth-order valence-corrected chi connectivity index (χ4v) is 3.01. The molecule has 2 nitrogen and oxygen atoms in total. The van der Waals surface area contributed by atoms with Crippen molar-refractivity contribution in [3.05, 3.63) is 65.2 Å². The zero-order valence-corrected chi connectivity index (χ0v) is 16.2. The van der Waals surface area contributed by atoms with Crippen molar-refractivity contribution < 1.29 is 4.79 Å². The first-order chi connectivity index (χ1) is 11.8. The number of nitrogens with one attached hydrogen (secondary N) is 1. The molecule has 0 radical (unpaired) electrons. The summed E-state index contributed by atoms with van der Waals surface area (Å²) >= 11 is 0. The van der Waals surface area contributed by atoms with Crippen LogP contribution < -0.4 is 5.32 Å². The highest BCUT2D eigenvalue weighted by molar-refractivity contribution is 5.95. The Morgan fingerprint density at radius 1 is 0.760 bits per heavy atom. The van der Waals surface area contributed by atoms with E-state index in [9.17, 15) is 4.79 Å². The van der Waals surface area contributed by atoms with Gasteiger partial charge in [-0.2, -0.15) is 0 Å². The minimum absolute atomic E-state index is 0.0354. The number of benzene rings is 2. The Bertz CT molecular complexity index is 668. The molecule has 0 aliphatic rings. The SMILES string of the molecule is CC(C)Cc1ccc(NC(=O)[C@@H](C)c2ccc(CC(C)C)cc2)cc1. The van der Waals surface area contributed by atoms with E-state index in [1.807, 2.05) is 19.1 Å². The predicted octanol–water partition coefficient (Wildman–Crippen LogP) is 5.83. The molecule has 0 unspecified atom stereocenters. The molecule has 0 bridgehead atoms. The minimum Gasteiger partial charge on any atom is -0.326 e. The summed E-state index contributed by atoms with van der Waals surface area (Å²) in [5.41, 5.74) is 4.55. The number of hydrogen-bond donors (Lipinski definition) is 1. The zero-order valence-electron chi connectivity index (χ0n) is 16.2. The van der Waals surface area contributed by atoms with E-state index < -0.39 is 0 Å². The van der Waals surface area contributed by atoms with Gasteiger partial charge in [-0.3, -0.25) is 4.79 Å². The Balaban J connectivity index is 1.97. The maximum atomic E-state index is 12.5. The molecule has 2 aromatic carbocycles. The van der Waals surface area contributed by atoms with Gasteiger partial charge in [-0.25, -0.2) is 0 Å². The number of anilines is 1. The van der Waals surface area contributed by atoms with Gasteiger partial charge in [0.15, 0.2) is 0 Å². The molecule has 0 heterocycles. The van der Waals surface area contributed by atoms with Gasteiger partial charge in [-0.1, -0.05) is 64.1 Å². The molecule has 1 N–H and O–H groups in total. The quantitative estimate of drug-likeness (QED) is 0.677. The second-order valence-corrected chi connectivity index (χ2v) is 7.85. The van der Waals surface area contributed by atoms with Crippen LogP contribution in [0.4, 0.5) is 5.69 Å². The van der Waals surface area contributed by atoms with E-state index in [2.05, 4.69) is 69.4 Å². The molecular formula is C23H31NO. The number of rotatable bonds is 7. The van der Waals surface area contributed by atoms with Crippen molar-refractivity contribution in [2.45, 2.75) is 53.4 Å². The first kappa shape index (κ1) is 19.2. The van der Waals surface area contributed by atoms with Crippen molar-refractivity contribution in [3.63, 3.8) is 0 Å². The Morgan fingerprint density at radius 3 is 1.64 bits per heavy atom. The standard InChI is InChI=1S/C23H31NO/c1-16(2)14-19-6-10-21(11-7-19)18(5)23(25)24-22-12-8-20(9-13-22)15-17(3)4/h6-13,16-18H,14-15H2,1-5H3,(H,24,25)/t18-/m0/s1. The van der Waals surface area contributed by atoms with Crippen molar-refractivity contribution in [3.8, 4) is 0 Å². The summed E-state index contributed by atoms with van der Waals surface area (Å²) in [6.07, 6.45) is 2.14. The molecule has 2 heteroatoms. The summed E-state index contributed by atoms with van der Waals surface area (Å²) in [5, 5.41) is 3.03. The molecule has 25 heavy (non-hydrogen) atoms. The van der Waals surface area contributed by atoms with E-state index in [4.69, 9.17) is 0 Å². The number of hydrogen-bond acceptors (Lipinski definition) is 1. The first-order valence-electron chi connectivity index (χ1n) is 9.33. The van der Waals surface area contributed by atoms with Gasteiger partial charge in [0.1, 0.15) is 0 Å². The molecule has 134 valence electrons. The maximum Gasteiger partial charge on any atom is 0.231 e. The lowest BCUT2D eigenvalue weighted by atomic mass is 9.96. The summed E-state index contributed by atoms with van der Waals surface area (Å²) in [5.74, 6) is 1.15. The third-order valence-corrected chi connectivity index (χ3v) is 4.38. The van der Waals surface area contributed by atoms with E-state index in [0.717, 1.165) is 24.1 Å². The Labute approximate surface area is 152 Å². The van der Waals surface area contributed by atoms with Crippen molar-refractivity contribution in [2.24, 2.45) is 11.8 Å². The topological polar surface area (TPSA) is 29.1 Å². The van der Waals surface area contributed by atoms with Crippen LogP contribution in [-0.2, 0) is 17.6 Å². The lowest BCUT2D eigenvalue weighted by Crippen LogP contribution is -2.18. The van der Waals surface area contributed by atoms with E-state index in [1.165, 1.54) is 11.1 Å². The third kappa shape index (κ3) is 6.04. The van der Waals surface area contributed by atoms with Gasteiger partial charge >= 0.3 is 0 Å². The fourth-order valence-electron chi connectivity index (χ4n) is 3.01. The van der Waals surface area contributed by atoms with E-state index in [-0.39, 0.29) is 11.8 Å². The van der Waals surface area contributed by atoms with Crippen molar-refractivity contribution in [1.82, 2.24) is 0 Å². The van der Waals surface area contributed by atoms with Crippen LogP contribution in [0.15, 0.2) is 48.5 Å². The van der Waals surface area contributed by atoms with Gasteiger partial charge in [0.25, 0.3) is 0 Å². The normalized spacial score (nSPS) is 12.4. The highest BCUT2D eigenvalue weighted by Crippen LogP contribution is 2.20. The summed E-state index contributed by atoms with van der Waals surface area (Å²) in [7, 11) is 0. The monoisotopic (exact) mass is 337 g/mol. The second kappa shape index (κ2) is 8.84. The predicted molar refractivity (Wildman–Crippen MR) is 107 cm³/mol. The Hall–Kier alpha value is -2.09. The average molecular weight is 338 g/mol. The van der Waals surface area contributed by atoms with E-state index in [1.54, 1.807) is 0 Å². The summed E-state index contributed by atoms with van der Waals surface area (Å²) in [6, 6.07) is 16.6. The summed E-state index contributed by atoms with van der Waals surface area (Å²) < 4.78 is 0. The lowest BCUT2D eigenvalue weighted by Gasteiger charge is -2.14. The number of amides is 1. The van der Waals surface area contributed by atoms with Gasteiger partial charge < -0.3 is 5.32 Å². The largest absolute Gasteiger partial charge is 0.326 e. The molecule has 0 aliphatic heterocycles. The molecule has 0 saturated carbocycles. The van der Waals surface area contributed by atoms with Gasteiger partial charge in [0, 0.05) is 5.69 Å². The highest BCUT2D eigenvalue weighted by Gasteiger charge is 2.15. The Morgan fingerprint density at radius 2 is 1.20 bits per heavy atom. The molecule has 0 saturated heterocycles. The third-order valence-electron chi connectivity index (χ3n) is 4.38. The van der Waals surface area contributed by atoms with E-state index >= 15 is 0 Å². The van der Waals surface area contributed by atoms with Crippen LogP contribution in [0.1, 0.15) is 57.2 Å². The molecule has 1 atom stereocenters. The van der Waals surface area contributed by atoms with Crippen LogP contribution in [-0.4, -0.2) is 5.91 Å². The van der Waals surface area contributed by atoms with Crippen LogP contribution in [0.25, 0.3) is 0 Å². The molecular weight excluding hydrogens is 306 g/mol. The van der Waals surface area contributed by atoms with Crippen LogP contribution in [0.2, 0.25) is 0 Å². The molecule has 2 aromatic rings. The first-order valence-corrected chi connectivity index (χ1v) is 9.33. The van der Waals surface area contributed by atoms with Crippen LogP contribution >= 0.6 is 0 Å². The molecule has 0 aromatic heterocycles. The lowest BCUT2D eigenvalue weighted by molar-refractivity contribution is -0.117. The van der Waals surface area contributed by atoms with Crippen LogP contribution in [0.3, 0.4) is 0 Å². The Kier molecular flexibility index (Phi) is 6.81. The summed E-state index contributed by atoms with van der Waals surface area (Å²) in [4.78, 5) is 12.5. The molecule has 1 amide bonds. The van der Waals surface area contributed by atoms with Crippen LogP contribution in [0.5, 0.6) is 0 Å². The van der Waals surface area contributed by atoms with Gasteiger partial charge in [-0.15, -0.1) is 0 Å². The molecule has 2 rings (SSSR count). The second-order valence-electron chi connectivity index (χ2n) is 7.85. The smallest absolute Gasteiger partial charge is 0.231 e. The van der Waals surface area contributed by atoms with Gasteiger partial charge in [0.2, 0.25) is 5.91 Å². The van der Waals surface area contributed by atoms with Crippen molar-refractivity contribution in [1.29, 1.82) is 0 Å². The van der Waals surface area contributed by atoms with Crippen molar-refractivity contribution >= 4 is 11.6 Å². The molecule has 0 aliphatic carbocycles. The average Bonchev–Trinajstić information content (AvgIpc) is 2.55. The van der Waals surface area contributed by atoms with Crippen LogP contribution in [0, 0.1) is 11.8 Å². The maximum absolute atomic E-state index is 12.5. The van der Waals surface area contributed by atoms with Gasteiger partial charge in [-0.05, 0) is 60.4 Å².